The first-order valence-electron chi connectivity index (χ1n) is 9.99. The van der Waals surface area contributed by atoms with Crippen LogP contribution in [0.1, 0.15) is 45.5 Å². The quantitative estimate of drug-likeness (QED) is 0.719. The first kappa shape index (κ1) is 17.7. The summed E-state index contributed by atoms with van der Waals surface area (Å²) in [7, 11) is 0. The van der Waals surface area contributed by atoms with Crippen molar-refractivity contribution in [1.29, 1.82) is 0 Å². The minimum absolute atomic E-state index is 0.0952. The number of aromatic nitrogens is 4. The van der Waals surface area contributed by atoms with Crippen LogP contribution in [-0.2, 0) is 13.0 Å². The SMILES string of the molecule is O=C(Nc1n[nH]c2c1CCn1cc(C(=O)N3CCCCC3)cc1-2)c1cccnc1. The highest BCUT2D eigenvalue weighted by atomic mass is 16.2. The molecule has 2 aliphatic heterocycles. The number of likely N-dealkylation sites (tertiary alicyclic amines) is 1. The molecule has 2 amide bonds. The zero-order chi connectivity index (χ0) is 19.8. The Hall–Kier alpha value is -3.42. The molecule has 3 aromatic heterocycles. The summed E-state index contributed by atoms with van der Waals surface area (Å²) in [5.41, 5.74) is 3.95. The predicted octanol–water partition coefficient (Wildman–Crippen LogP) is 2.71. The second kappa shape index (κ2) is 7.20. The summed E-state index contributed by atoms with van der Waals surface area (Å²) in [6.07, 6.45) is 9.16. The number of anilines is 1. The Kier molecular flexibility index (Phi) is 4.38. The first-order valence-corrected chi connectivity index (χ1v) is 9.99. The number of carbonyl (C=O) groups excluding carboxylic acids is 2. The Morgan fingerprint density at radius 3 is 2.76 bits per heavy atom. The lowest BCUT2D eigenvalue weighted by Crippen LogP contribution is -2.35. The normalized spacial score (nSPS) is 15.5. The average molecular weight is 390 g/mol. The van der Waals surface area contributed by atoms with E-state index >= 15 is 0 Å². The predicted molar refractivity (Wildman–Crippen MR) is 108 cm³/mol. The number of carbonyl (C=O) groups is 2. The maximum Gasteiger partial charge on any atom is 0.258 e. The number of nitrogens with zero attached hydrogens (tertiary/aromatic N) is 4. The van der Waals surface area contributed by atoms with Crippen molar-refractivity contribution in [1.82, 2.24) is 24.6 Å². The molecule has 0 saturated carbocycles. The molecular formula is C21H22N6O2. The van der Waals surface area contributed by atoms with Gasteiger partial charge in [-0.15, -0.1) is 0 Å². The van der Waals surface area contributed by atoms with E-state index in [4.69, 9.17) is 0 Å². The Morgan fingerprint density at radius 1 is 1.10 bits per heavy atom. The number of amides is 2. The fourth-order valence-corrected chi connectivity index (χ4v) is 4.14. The molecule has 0 unspecified atom stereocenters. The van der Waals surface area contributed by atoms with Crippen LogP contribution in [0.4, 0.5) is 5.82 Å². The number of nitrogens with one attached hydrogen (secondary N) is 2. The van der Waals surface area contributed by atoms with E-state index in [2.05, 4.69) is 25.1 Å². The van der Waals surface area contributed by atoms with Gasteiger partial charge in [0.2, 0.25) is 0 Å². The van der Waals surface area contributed by atoms with Crippen molar-refractivity contribution in [2.24, 2.45) is 0 Å². The molecule has 1 saturated heterocycles. The number of aromatic amines is 1. The van der Waals surface area contributed by atoms with Gasteiger partial charge < -0.3 is 14.8 Å². The highest BCUT2D eigenvalue weighted by Crippen LogP contribution is 2.34. The zero-order valence-corrected chi connectivity index (χ0v) is 16.0. The third-order valence-electron chi connectivity index (χ3n) is 5.67. The Balaban J connectivity index is 1.40. The number of H-pyrrole nitrogens is 1. The van der Waals surface area contributed by atoms with E-state index in [-0.39, 0.29) is 11.8 Å². The van der Waals surface area contributed by atoms with Gasteiger partial charge in [0.15, 0.2) is 5.82 Å². The molecule has 29 heavy (non-hydrogen) atoms. The number of pyridine rings is 1. The summed E-state index contributed by atoms with van der Waals surface area (Å²) in [5.74, 6) is 0.386. The van der Waals surface area contributed by atoms with Gasteiger partial charge in [-0.25, -0.2) is 0 Å². The molecule has 148 valence electrons. The Morgan fingerprint density at radius 2 is 1.97 bits per heavy atom. The molecular weight excluding hydrogens is 368 g/mol. The summed E-state index contributed by atoms with van der Waals surface area (Å²) in [6.45, 7) is 2.41. The van der Waals surface area contributed by atoms with Crippen molar-refractivity contribution >= 4 is 17.6 Å². The van der Waals surface area contributed by atoms with Crippen LogP contribution < -0.4 is 5.32 Å². The van der Waals surface area contributed by atoms with Crippen LogP contribution in [0.3, 0.4) is 0 Å². The molecule has 5 rings (SSSR count). The number of piperidine rings is 1. The van der Waals surface area contributed by atoms with Crippen LogP contribution in [0.15, 0.2) is 36.8 Å². The number of fused-ring (bicyclic) bond motifs is 3. The van der Waals surface area contributed by atoms with E-state index in [1.54, 1.807) is 18.3 Å². The van der Waals surface area contributed by atoms with Crippen molar-refractivity contribution < 1.29 is 9.59 Å². The van der Waals surface area contributed by atoms with Gasteiger partial charge in [-0.3, -0.25) is 19.7 Å². The number of hydrogen-bond acceptors (Lipinski definition) is 4. The highest BCUT2D eigenvalue weighted by molar-refractivity contribution is 6.04. The highest BCUT2D eigenvalue weighted by Gasteiger charge is 2.27. The molecule has 5 heterocycles. The fourth-order valence-electron chi connectivity index (χ4n) is 4.14. The largest absolute Gasteiger partial charge is 0.345 e. The third-order valence-corrected chi connectivity index (χ3v) is 5.67. The van der Waals surface area contributed by atoms with E-state index in [0.29, 0.717) is 16.9 Å². The molecule has 8 heteroatoms. The van der Waals surface area contributed by atoms with Crippen LogP contribution in [0.25, 0.3) is 11.4 Å². The molecule has 0 aromatic carbocycles. The zero-order valence-electron chi connectivity index (χ0n) is 16.0. The van der Waals surface area contributed by atoms with Crippen molar-refractivity contribution in [3.63, 3.8) is 0 Å². The maximum absolute atomic E-state index is 12.9. The van der Waals surface area contributed by atoms with Crippen LogP contribution >= 0.6 is 0 Å². The molecule has 8 nitrogen and oxygen atoms in total. The Bertz CT molecular complexity index is 1060. The van der Waals surface area contributed by atoms with E-state index in [1.165, 1.54) is 12.6 Å². The monoisotopic (exact) mass is 390 g/mol. The summed E-state index contributed by atoms with van der Waals surface area (Å²) in [5, 5.41) is 10.2. The lowest BCUT2D eigenvalue weighted by atomic mass is 10.1. The molecule has 1 fully saturated rings. The summed E-state index contributed by atoms with van der Waals surface area (Å²) in [4.78, 5) is 31.2. The molecule has 2 aliphatic rings. The van der Waals surface area contributed by atoms with Gasteiger partial charge in [0.1, 0.15) is 0 Å². The van der Waals surface area contributed by atoms with Crippen molar-refractivity contribution in [3.8, 4) is 11.4 Å². The van der Waals surface area contributed by atoms with Gasteiger partial charge in [0, 0.05) is 43.8 Å². The summed E-state index contributed by atoms with van der Waals surface area (Å²) in [6, 6.07) is 5.37. The van der Waals surface area contributed by atoms with Gasteiger partial charge in [-0.1, -0.05) is 0 Å². The van der Waals surface area contributed by atoms with Gasteiger partial charge in [-0.2, -0.15) is 5.10 Å². The molecule has 0 spiro atoms. The maximum atomic E-state index is 12.9. The molecule has 0 aliphatic carbocycles. The molecule has 2 N–H and O–H groups in total. The van der Waals surface area contributed by atoms with Crippen LogP contribution in [0.5, 0.6) is 0 Å². The topological polar surface area (TPSA) is 95.9 Å². The minimum Gasteiger partial charge on any atom is -0.345 e. The third kappa shape index (κ3) is 3.20. The van der Waals surface area contributed by atoms with Crippen LogP contribution in [0, 0.1) is 0 Å². The van der Waals surface area contributed by atoms with Gasteiger partial charge in [-0.05, 0) is 43.9 Å². The molecule has 3 aromatic rings. The lowest BCUT2D eigenvalue weighted by molar-refractivity contribution is 0.0724. The molecule has 0 radical (unpaired) electrons. The average Bonchev–Trinajstić information content (AvgIpc) is 3.38. The van der Waals surface area contributed by atoms with Crippen LogP contribution in [0.2, 0.25) is 0 Å². The summed E-state index contributed by atoms with van der Waals surface area (Å²) < 4.78 is 2.09. The number of hydrogen-bond donors (Lipinski definition) is 2. The summed E-state index contributed by atoms with van der Waals surface area (Å²) >= 11 is 0. The van der Waals surface area contributed by atoms with Gasteiger partial charge in [0.05, 0.1) is 22.5 Å². The molecule has 0 bridgehead atoms. The Labute approximate surface area is 167 Å². The van der Waals surface area contributed by atoms with E-state index in [1.807, 2.05) is 17.2 Å². The van der Waals surface area contributed by atoms with Crippen molar-refractivity contribution in [2.45, 2.75) is 32.2 Å². The smallest absolute Gasteiger partial charge is 0.258 e. The second-order valence-electron chi connectivity index (χ2n) is 7.53. The minimum atomic E-state index is -0.241. The second-order valence-corrected chi connectivity index (χ2v) is 7.53. The first-order chi connectivity index (χ1) is 14.2. The molecule has 0 atom stereocenters. The van der Waals surface area contributed by atoms with Crippen molar-refractivity contribution in [2.75, 3.05) is 18.4 Å². The fraction of sp³-hybridized carbons (Fsp3) is 0.333. The van der Waals surface area contributed by atoms with E-state index < -0.39 is 0 Å². The lowest BCUT2D eigenvalue weighted by Gasteiger charge is -2.26. The standard InChI is InChI=1S/C21H22N6O2/c28-20(14-5-4-7-22-12-14)23-19-16-6-10-27-13-15(11-17(27)18(16)24-25-19)21(29)26-8-2-1-3-9-26/h4-5,7,11-13H,1-3,6,8-10H2,(H2,23,24,25,28). The van der Waals surface area contributed by atoms with E-state index in [9.17, 15) is 9.59 Å². The number of rotatable bonds is 3. The number of aryl methyl sites for hydroxylation is 1. The van der Waals surface area contributed by atoms with Crippen molar-refractivity contribution in [3.05, 3.63) is 53.5 Å². The van der Waals surface area contributed by atoms with Gasteiger partial charge in [0.25, 0.3) is 11.8 Å². The van der Waals surface area contributed by atoms with E-state index in [0.717, 1.165) is 55.8 Å². The van der Waals surface area contributed by atoms with Crippen LogP contribution in [-0.4, -0.2) is 49.6 Å². The van der Waals surface area contributed by atoms with Gasteiger partial charge >= 0.3 is 0 Å².